The minimum atomic E-state index is -0.0109. The first kappa shape index (κ1) is 12.4. The van der Waals surface area contributed by atoms with Crippen LogP contribution in [0.2, 0.25) is 0 Å². The molecule has 0 aliphatic heterocycles. The summed E-state index contributed by atoms with van der Waals surface area (Å²) in [7, 11) is 0. The Morgan fingerprint density at radius 3 is 2.44 bits per heavy atom. The van der Waals surface area contributed by atoms with Crippen LogP contribution in [0.3, 0.4) is 0 Å². The van der Waals surface area contributed by atoms with Gasteiger partial charge in [0.2, 0.25) is 0 Å². The first-order valence-electron chi connectivity index (χ1n) is 5.37. The minimum Gasteiger partial charge on any atom is -0.491 e. The maximum atomic E-state index is 11.5. The summed E-state index contributed by atoms with van der Waals surface area (Å²) < 4.78 is 5.46. The molecule has 0 heterocycles. The molecule has 1 rings (SSSR count). The third kappa shape index (κ3) is 3.85. The number of ether oxygens (including phenoxy) is 1. The summed E-state index contributed by atoms with van der Waals surface area (Å²) in [5.41, 5.74) is 0.623. The number of hydrogen-bond donors (Lipinski definition) is 0. The Kier molecular flexibility index (Phi) is 4.70. The zero-order chi connectivity index (χ0) is 12.0. The third-order valence-electron chi connectivity index (χ3n) is 2.04. The maximum Gasteiger partial charge on any atom is 0.163 e. The summed E-state index contributed by atoms with van der Waals surface area (Å²) in [6.07, 6.45) is 1.43. The average molecular weight is 220 g/mol. The lowest BCUT2D eigenvalue weighted by Gasteiger charge is -2.09. The van der Waals surface area contributed by atoms with Gasteiger partial charge in [0.25, 0.3) is 0 Å². The maximum absolute atomic E-state index is 11.5. The van der Waals surface area contributed by atoms with Crippen molar-refractivity contribution in [1.82, 2.24) is 0 Å². The van der Waals surface area contributed by atoms with Crippen LogP contribution in [0.4, 0.5) is 0 Å². The molecule has 1 aromatic rings. The van der Waals surface area contributed by atoms with Crippen LogP contribution in [0.1, 0.15) is 37.0 Å². The lowest BCUT2D eigenvalue weighted by molar-refractivity contribution is -0.107. The van der Waals surface area contributed by atoms with Crippen LogP contribution < -0.4 is 4.74 Å². The number of Topliss-reactive ketones (excluding diaryl/α,β-unsaturated/α-hetero) is 1. The number of carbonyl (C=O) groups is 2. The Hall–Kier alpha value is -1.64. The molecule has 0 N–H and O–H groups in total. The summed E-state index contributed by atoms with van der Waals surface area (Å²) in [6, 6.07) is 7.00. The zero-order valence-electron chi connectivity index (χ0n) is 9.60. The van der Waals surface area contributed by atoms with Gasteiger partial charge in [-0.3, -0.25) is 4.79 Å². The molecule has 0 radical (unpaired) electrons. The van der Waals surface area contributed by atoms with Crippen LogP contribution in [0.25, 0.3) is 0 Å². The molecule has 16 heavy (non-hydrogen) atoms. The summed E-state index contributed by atoms with van der Waals surface area (Å²) in [5.74, 6) is 0.741. The molecule has 0 aliphatic carbocycles. The largest absolute Gasteiger partial charge is 0.491 e. The van der Waals surface area contributed by atoms with E-state index in [9.17, 15) is 9.59 Å². The van der Waals surface area contributed by atoms with E-state index in [0.29, 0.717) is 5.56 Å². The summed E-state index contributed by atoms with van der Waals surface area (Å²) >= 11 is 0. The van der Waals surface area contributed by atoms with Crippen LogP contribution >= 0.6 is 0 Å². The van der Waals surface area contributed by atoms with Crippen molar-refractivity contribution in [3.05, 3.63) is 29.8 Å². The van der Waals surface area contributed by atoms with Crippen LogP contribution in [-0.4, -0.2) is 18.2 Å². The normalized spacial score (nSPS) is 10.2. The van der Waals surface area contributed by atoms with E-state index in [1.54, 1.807) is 24.3 Å². The molecule has 0 saturated heterocycles. The fraction of sp³-hybridized carbons (Fsp3) is 0.385. The molecule has 1 aromatic carbocycles. The molecule has 0 aliphatic rings. The van der Waals surface area contributed by atoms with Crippen molar-refractivity contribution >= 4 is 12.1 Å². The van der Waals surface area contributed by atoms with Gasteiger partial charge >= 0.3 is 0 Å². The smallest absolute Gasteiger partial charge is 0.163 e. The highest BCUT2D eigenvalue weighted by Crippen LogP contribution is 2.15. The number of ketones is 1. The number of carbonyl (C=O) groups excluding carboxylic acids is 2. The molecule has 0 bridgehead atoms. The van der Waals surface area contributed by atoms with E-state index in [0.717, 1.165) is 12.0 Å². The Balaban J connectivity index is 2.63. The lowest BCUT2D eigenvalue weighted by atomic mass is 10.1. The fourth-order valence-electron chi connectivity index (χ4n) is 1.33. The van der Waals surface area contributed by atoms with Gasteiger partial charge < -0.3 is 9.53 Å². The van der Waals surface area contributed by atoms with E-state index in [1.807, 2.05) is 13.8 Å². The van der Waals surface area contributed by atoms with Gasteiger partial charge in [-0.05, 0) is 38.1 Å². The van der Waals surface area contributed by atoms with Crippen molar-refractivity contribution in [2.75, 3.05) is 0 Å². The van der Waals surface area contributed by atoms with Gasteiger partial charge in [-0.25, -0.2) is 0 Å². The molecule has 0 aromatic heterocycles. The average Bonchev–Trinajstić information content (AvgIpc) is 2.26. The minimum absolute atomic E-state index is 0.0109. The number of benzene rings is 1. The second-order valence-corrected chi connectivity index (χ2v) is 3.82. The van der Waals surface area contributed by atoms with Gasteiger partial charge in [0.15, 0.2) is 5.78 Å². The van der Waals surface area contributed by atoms with Crippen LogP contribution in [0, 0.1) is 0 Å². The highest BCUT2D eigenvalue weighted by molar-refractivity contribution is 5.96. The van der Waals surface area contributed by atoms with E-state index in [2.05, 4.69) is 0 Å². The topological polar surface area (TPSA) is 43.4 Å². The van der Waals surface area contributed by atoms with Gasteiger partial charge in [-0.1, -0.05) is 0 Å². The van der Waals surface area contributed by atoms with Gasteiger partial charge in [0.1, 0.15) is 12.0 Å². The summed E-state index contributed by atoms with van der Waals surface area (Å²) in [6.45, 7) is 3.90. The Bertz CT molecular complexity index is 352. The van der Waals surface area contributed by atoms with Crippen molar-refractivity contribution in [1.29, 1.82) is 0 Å². The molecule has 0 saturated carbocycles. The monoisotopic (exact) mass is 220 g/mol. The van der Waals surface area contributed by atoms with E-state index >= 15 is 0 Å². The summed E-state index contributed by atoms with van der Waals surface area (Å²) in [5, 5.41) is 0. The van der Waals surface area contributed by atoms with Gasteiger partial charge in [-0.15, -0.1) is 0 Å². The number of hydrogen-bond acceptors (Lipinski definition) is 3. The molecular weight excluding hydrogens is 204 g/mol. The van der Waals surface area contributed by atoms with Crippen molar-refractivity contribution in [3.8, 4) is 5.75 Å². The number of rotatable bonds is 6. The van der Waals surface area contributed by atoms with Crippen molar-refractivity contribution in [3.63, 3.8) is 0 Å². The fourth-order valence-corrected chi connectivity index (χ4v) is 1.33. The van der Waals surface area contributed by atoms with Crippen molar-refractivity contribution in [2.24, 2.45) is 0 Å². The predicted molar refractivity (Wildman–Crippen MR) is 61.8 cm³/mol. The van der Waals surface area contributed by atoms with Crippen molar-refractivity contribution < 1.29 is 14.3 Å². The highest BCUT2D eigenvalue weighted by atomic mass is 16.5. The molecule has 0 atom stereocenters. The molecule has 3 heteroatoms. The van der Waals surface area contributed by atoms with Gasteiger partial charge in [0, 0.05) is 18.4 Å². The van der Waals surface area contributed by atoms with Gasteiger partial charge in [0.05, 0.1) is 6.10 Å². The molecular formula is C13H16O3. The highest BCUT2D eigenvalue weighted by Gasteiger charge is 2.05. The Morgan fingerprint density at radius 1 is 1.31 bits per heavy atom. The standard InChI is InChI=1S/C13H16O3/c1-10(2)16-12-7-5-11(6-8-12)13(15)4-3-9-14/h5-10H,3-4H2,1-2H3. The summed E-state index contributed by atoms with van der Waals surface area (Å²) in [4.78, 5) is 21.7. The molecule has 3 nitrogen and oxygen atoms in total. The molecule has 0 unspecified atom stereocenters. The third-order valence-corrected chi connectivity index (χ3v) is 2.04. The van der Waals surface area contributed by atoms with Crippen LogP contribution in [0.5, 0.6) is 5.75 Å². The van der Waals surface area contributed by atoms with Crippen molar-refractivity contribution in [2.45, 2.75) is 32.8 Å². The Labute approximate surface area is 95.4 Å². The van der Waals surface area contributed by atoms with E-state index in [4.69, 9.17) is 4.74 Å². The van der Waals surface area contributed by atoms with E-state index in [-0.39, 0.29) is 24.7 Å². The first-order valence-corrected chi connectivity index (χ1v) is 5.37. The SMILES string of the molecule is CC(C)Oc1ccc(C(=O)CCC=O)cc1. The first-order chi connectivity index (χ1) is 7.63. The quantitative estimate of drug-likeness (QED) is 0.546. The molecule has 0 spiro atoms. The molecule has 86 valence electrons. The van der Waals surface area contributed by atoms with Gasteiger partial charge in [-0.2, -0.15) is 0 Å². The van der Waals surface area contributed by atoms with Crippen LogP contribution in [0.15, 0.2) is 24.3 Å². The van der Waals surface area contributed by atoms with Crippen LogP contribution in [-0.2, 0) is 4.79 Å². The second-order valence-electron chi connectivity index (χ2n) is 3.82. The zero-order valence-corrected chi connectivity index (χ0v) is 9.60. The second kappa shape index (κ2) is 6.05. The Morgan fingerprint density at radius 2 is 1.94 bits per heavy atom. The molecule has 0 amide bonds. The number of aldehydes is 1. The predicted octanol–water partition coefficient (Wildman–Crippen LogP) is 2.64. The van der Waals surface area contributed by atoms with E-state index < -0.39 is 0 Å². The molecule has 0 fully saturated rings. The lowest BCUT2D eigenvalue weighted by Crippen LogP contribution is -2.06. The van der Waals surface area contributed by atoms with E-state index in [1.165, 1.54) is 0 Å².